The van der Waals surface area contributed by atoms with Crippen molar-refractivity contribution in [3.05, 3.63) is 95.3 Å². The summed E-state index contributed by atoms with van der Waals surface area (Å²) in [4.78, 5) is 41.6. The topological polar surface area (TPSA) is 116 Å². The molecular weight excluding hydrogens is 591 g/mol. The molecule has 3 aromatic carbocycles. The zero-order chi connectivity index (χ0) is 31.9. The van der Waals surface area contributed by atoms with Crippen LogP contribution in [0.25, 0.3) is 6.08 Å². The van der Waals surface area contributed by atoms with Crippen LogP contribution in [0.2, 0.25) is 0 Å². The van der Waals surface area contributed by atoms with Crippen molar-refractivity contribution in [3.63, 3.8) is 0 Å². The monoisotopic (exact) mass is 622 g/mol. The Kier molecular flexibility index (Phi) is 7.55. The number of ether oxygens (including phenoxy) is 2. The highest BCUT2D eigenvalue weighted by Crippen LogP contribution is 2.45. The van der Waals surface area contributed by atoms with Gasteiger partial charge in [-0.15, -0.1) is 0 Å². The lowest BCUT2D eigenvalue weighted by atomic mass is 9.77. The van der Waals surface area contributed by atoms with E-state index >= 15 is 0 Å². The van der Waals surface area contributed by atoms with Gasteiger partial charge in [0.2, 0.25) is 0 Å². The Bertz CT molecular complexity index is 1790. The van der Waals surface area contributed by atoms with Crippen LogP contribution in [-0.2, 0) is 14.4 Å². The fraction of sp³-hybridized carbons (Fsp3) is 0.294. The Morgan fingerprint density at radius 1 is 0.957 bits per heavy atom. The molecule has 0 spiro atoms. The maximum atomic E-state index is 14.1. The minimum Gasteiger partial charge on any atom is -0.497 e. The van der Waals surface area contributed by atoms with E-state index in [1.165, 1.54) is 28.2 Å². The SMILES string of the molecule is COc1ccc(/C=C2\CCC[C@H]3C2=NN(C(=O)CN2N=N[C@@H]4C(=O)N(c5cccc(F)c5)C(=O)[C@@H]42)[C@H]3c2ccc(OC)cc2)cc1. The number of nitrogens with zero attached hydrogens (tertiary/aromatic N) is 6. The number of hydrogen-bond donors (Lipinski definition) is 0. The summed E-state index contributed by atoms with van der Waals surface area (Å²) < 4.78 is 24.6. The predicted octanol–water partition coefficient (Wildman–Crippen LogP) is 4.96. The van der Waals surface area contributed by atoms with Crippen LogP contribution in [0.3, 0.4) is 0 Å². The van der Waals surface area contributed by atoms with Crippen molar-refractivity contribution in [2.45, 2.75) is 37.4 Å². The second-order valence-electron chi connectivity index (χ2n) is 11.6. The van der Waals surface area contributed by atoms with Gasteiger partial charge in [0.25, 0.3) is 17.7 Å². The highest BCUT2D eigenvalue weighted by molar-refractivity contribution is 6.25. The summed E-state index contributed by atoms with van der Waals surface area (Å²) in [5.74, 6) is -0.797. The number of carbonyl (C=O) groups excluding carboxylic acids is 3. The van der Waals surface area contributed by atoms with Crippen molar-refractivity contribution >= 4 is 35.2 Å². The molecule has 0 N–H and O–H groups in total. The number of anilines is 1. The highest BCUT2D eigenvalue weighted by atomic mass is 19.1. The number of fused-ring (bicyclic) bond motifs is 2. The molecular formula is C34H31FN6O5. The second-order valence-corrected chi connectivity index (χ2v) is 11.6. The summed E-state index contributed by atoms with van der Waals surface area (Å²) in [6.07, 6.45) is 4.68. The Morgan fingerprint density at radius 2 is 1.67 bits per heavy atom. The van der Waals surface area contributed by atoms with Gasteiger partial charge in [0, 0.05) is 5.92 Å². The number of hydrogen-bond acceptors (Lipinski definition) is 9. The van der Waals surface area contributed by atoms with E-state index in [0.717, 1.165) is 58.4 Å². The lowest BCUT2D eigenvalue weighted by molar-refractivity contribution is -0.136. The molecule has 3 heterocycles. The highest BCUT2D eigenvalue weighted by Gasteiger charge is 2.55. The first-order chi connectivity index (χ1) is 22.4. The van der Waals surface area contributed by atoms with Crippen molar-refractivity contribution in [1.82, 2.24) is 10.0 Å². The van der Waals surface area contributed by atoms with Gasteiger partial charge in [-0.05, 0) is 84.5 Å². The summed E-state index contributed by atoms with van der Waals surface area (Å²) in [5.41, 5.74) is 3.91. The third kappa shape index (κ3) is 5.09. The van der Waals surface area contributed by atoms with Crippen LogP contribution < -0.4 is 14.4 Å². The quantitative estimate of drug-likeness (QED) is 0.344. The fourth-order valence-corrected chi connectivity index (χ4v) is 6.68. The molecule has 1 aliphatic carbocycles. The van der Waals surface area contributed by atoms with Gasteiger partial charge in [-0.2, -0.15) is 10.2 Å². The third-order valence-corrected chi connectivity index (χ3v) is 8.89. The molecule has 3 aliphatic heterocycles. The van der Waals surface area contributed by atoms with Gasteiger partial charge in [0.15, 0.2) is 12.1 Å². The van der Waals surface area contributed by atoms with Crippen LogP contribution in [-0.4, -0.2) is 66.3 Å². The first kappa shape index (κ1) is 29.3. The van der Waals surface area contributed by atoms with Gasteiger partial charge in [-0.1, -0.05) is 35.6 Å². The number of carbonyl (C=O) groups is 3. The zero-order valence-corrected chi connectivity index (χ0v) is 25.2. The molecule has 3 amide bonds. The molecule has 2 fully saturated rings. The third-order valence-electron chi connectivity index (χ3n) is 8.89. The van der Waals surface area contributed by atoms with Gasteiger partial charge < -0.3 is 9.47 Å². The minimum atomic E-state index is -1.12. The summed E-state index contributed by atoms with van der Waals surface area (Å²) in [6, 6.07) is 18.0. The molecule has 3 aromatic rings. The molecule has 12 heteroatoms. The maximum absolute atomic E-state index is 14.1. The molecule has 0 bridgehead atoms. The smallest absolute Gasteiger partial charge is 0.264 e. The van der Waals surface area contributed by atoms with Gasteiger partial charge in [0.1, 0.15) is 23.9 Å². The lowest BCUT2D eigenvalue weighted by Crippen LogP contribution is -2.45. The van der Waals surface area contributed by atoms with Crippen molar-refractivity contribution < 1.29 is 28.2 Å². The molecule has 0 radical (unpaired) electrons. The molecule has 0 aromatic heterocycles. The number of rotatable bonds is 7. The van der Waals surface area contributed by atoms with Crippen LogP contribution in [0, 0.1) is 11.7 Å². The molecule has 4 aliphatic rings. The van der Waals surface area contributed by atoms with E-state index in [0.29, 0.717) is 5.75 Å². The molecule has 0 unspecified atom stereocenters. The Hall–Kier alpha value is -5.39. The molecule has 1 saturated carbocycles. The van der Waals surface area contributed by atoms with Gasteiger partial charge in [-0.25, -0.2) is 14.3 Å². The first-order valence-electron chi connectivity index (χ1n) is 15.1. The number of halogens is 1. The summed E-state index contributed by atoms with van der Waals surface area (Å²) in [5, 5.41) is 15.8. The minimum absolute atomic E-state index is 0.0540. The number of hydrazone groups is 1. The van der Waals surface area contributed by atoms with Crippen LogP contribution in [0.5, 0.6) is 11.5 Å². The molecule has 4 atom stereocenters. The van der Waals surface area contributed by atoms with E-state index in [1.54, 1.807) is 14.2 Å². The van der Waals surface area contributed by atoms with E-state index in [9.17, 15) is 18.8 Å². The summed E-state index contributed by atoms with van der Waals surface area (Å²) in [7, 11) is 3.23. The molecule has 11 nitrogen and oxygen atoms in total. The Balaban J connectivity index is 1.19. The average Bonchev–Trinajstić information content (AvgIpc) is 3.74. The van der Waals surface area contributed by atoms with Crippen LogP contribution in [0.15, 0.2) is 93.8 Å². The van der Waals surface area contributed by atoms with E-state index in [-0.39, 0.29) is 18.2 Å². The summed E-state index contributed by atoms with van der Waals surface area (Å²) >= 11 is 0. The fourth-order valence-electron chi connectivity index (χ4n) is 6.68. The van der Waals surface area contributed by atoms with Gasteiger partial charge >= 0.3 is 0 Å². The molecule has 1 saturated heterocycles. The lowest BCUT2D eigenvalue weighted by Gasteiger charge is -2.30. The standard InChI is InChI=1S/C34H31FN6O5/c1-45-25-13-9-20(10-14-25)17-22-5-3-8-27-29(22)37-41(31(27)21-11-15-26(46-2)16-12-21)28(42)19-39-32-30(36-38-39)33(43)40(34(32)44)24-7-4-6-23(35)18-24/h4,6-7,9-18,27,30-32H,3,5,8,19H2,1-2H3/b22-17+/t27-,30-,31-,32+/m0/s1. The summed E-state index contributed by atoms with van der Waals surface area (Å²) in [6.45, 7) is -0.325. The van der Waals surface area contributed by atoms with E-state index in [1.807, 2.05) is 48.5 Å². The predicted molar refractivity (Wildman–Crippen MR) is 166 cm³/mol. The largest absolute Gasteiger partial charge is 0.497 e. The van der Waals surface area contributed by atoms with Crippen LogP contribution in [0.4, 0.5) is 10.1 Å². The van der Waals surface area contributed by atoms with Crippen molar-refractivity contribution in [2.24, 2.45) is 21.4 Å². The normalized spacial score (nSPS) is 24.4. The average molecular weight is 623 g/mol. The number of methoxy groups -OCH3 is 2. The molecule has 46 heavy (non-hydrogen) atoms. The number of allylic oxidation sites excluding steroid dienone is 1. The Morgan fingerprint density at radius 3 is 2.37 bits per heavy atom. The second kappa shape index (κ2) is 11.8. The van der Waals surface area contributed by atoms with E-state index in [2.05, 4.69) is 16.4 Å². The van der Waals surface area contributed by atoms with E-state index in [4.69, 9.17) is 14.6 Å². The van der Waals surface area contributed by atoms with Gasteiger partial charge in [-0.3, -0.25) is 19.4 Å². The van der Waals surface area contributed by atoms with Crippen LogP contribution in [0.1, 0.15) is 36.4 Å². The van der Waals surface area contributed by atoms with Crippen molar-refractivity contribution in [3.8, 4) is 11.5 Å². The number of benzene rings is 3. The van der Waals surface area contributed by atoms with Crippen LogP contribution >= 0.6 is 0 Å². The maximum Gasteiger partial charge on any atom is 0.264 e. The van der Waals surface area contributed by atoms with E-state index < -0.39 is 41.7 Å². The number of imide groups is 1. The first-order valence-corrected chi connectivity index (χ1v) is 15.1. The molecule has 234 valence electrons. The Labute approximate surface area is 264 Å². The van der Waals surface area contributed by atoms with Crippen molar-refractivity contribution in [2.75, 3.05) is 25.7 Å². The molecule has 7 rings (SSSR count). The van der Waals surface area contributed by atoms with Gasteiger partial charge in [0.05, 0.1) is 31.7 Å². The zero-order valence-electron chi connectivity index (χ0n) is 25.2. The number of amides is 3. The van der Waals surface area contributed by atoms with Crippen molar-refractivity contribution in [1.29, 1.82) is 0 Å².